The molecule has 0 aliphatic heterocycles. The van der Waals surface area contributed by atoms with Crippen molar-refractivity contribution < 1.29 is 9.21 Å². The molecule has 3 aromatic heterocycles. The van der Waals surface area contributed by atoms with E-state index < -0.39 is 0 Å². The van der Waals surface area contributed by atoms with Crippen LogP contribution in [0.15, 0.2) is 45.7 Å². The molecule has 0 atom stereocenters. The summed E-state index contributed by atoms with van der Waals surface area (Å²) in [5, 5.41) is 3.26. The fraction of sp³-hybridized carbons (Fsp3) is 0.188. The van der Waals surface area contributed by atoms with E-state index in [1.54, 1.807) is 30.5 Å². The molecule has 118 valence electrons. The maximum atomic E-state index is 12.2. The Bertz CT molecular complexity index is 888. The van der Waals surface area contributed by atoms with Gasteiger partial charge in [0, 0.05) is 17.1 Å². The van der Waals surface area contributed by atoms with Crippen molar-refractivity contribution in [2.24, 2.45) is 0 Å². The summed E-state index contributed by atoms with van der Waals surface area (Å²) in [5.74, 6) is 0.370. The lowest BCUT2D eigenvalue weighted by Gasteiger charge is -2.02. The number of thiazole rings is 1. The number of hydrogen-bond donors (Lipinski definition) is 1. The Kier molecular flexibility index (Phi) is 4.12. The molecule has 0 fully saturated rings. The topological polar surface area (TPSA) is 77.1 Å². The third kappa shape index (κ3) is 3.40. The molecule has 6 nitrogen and oxygen atoms in total. The minimum atomic E-state index is -0.356. The molecule has 1 amide bonds. The first-order valence-electron chi connectivity index (χ1n) is 7.02. The second kappa shape index (κ2) is 6.21. The molecule has 1 N–H and O–H groups in total. The van der Waals surface area contributed by atoms with E-state index in [0.29, 0.717) is 10.9 Å². The summed E-state index contributed by atoms with van der Waals surface area (Å²) in [6, 6.07) is 8.20. The number of rotatable bonds is 4. The Morgan fingerprint density at radius 1 is 1.30 bits per heavy atom. The molecule has 3 aromatic rings. The third-order valence-corrected chi connectivity index (χ3v) is 4.35. The number of nitrogens with one attached hydrogen (secondary N) is 1. The van der Waals surface area contributed by atoms with Crippen molar-refractivity contribution in [2.75, 3.05) is 5.32 Å². The highest BCUT2D eigenvalue weighted by Crippen LogP contribution is 2.22. The molecule has 23 heavy (non-hydrogen) atoms. The van der Waals surface area contributed by atoms with Gasteiger partial charge in [-0.2, -0.15) is 0 Å². The minimum absolute atomic E-state index is 0.122. The zero-order valence-corrected chi connectivity index (χ0v) is 13.5. The van der Waals surface area contributed by atoms with E-state index in [0.717, 1.165) is 10.6 Å². The fourth-order valence-corrected chi connectivity index (χ4v) is 2.84. The summed E-state index contributed by atoms with van der Waals surface area (Å²) in [5.41, 5.74) is 0.775. The van der Waals surface area contributed by atoms with Crippen molar-refractivity contribution in [3.8, 4) is 0 Å². The Morgan fingerprint density at radius 3 is 2.83 bits per heavy atom. The number of carbonyl (C=O) groups is 1. The van der Waals surface area contributed by atoms with Gasteiger partial charge in [0.15, 0.2) is 10.9 Å². The molecule has 0 saturated heterocycles. The lowest BCUT2D eigenvalue weighted by atomic mass is 10.4. The maximum absolute atomic E-state index is 12.2. The molecule has 0 saturated carbocycles. The summed E-state index contributed by atoms with van der Waals surface area (Å²) in [6.07, 6.45) is 1.67. The van der Waals surface area contributed by atoms with Crippen molar-refractivity contribution in [1.82, 2.24) is 9.55 Å². The number of aryl methyl sites for hydroxylation is 2. The van der Waals surface area contributed by atoms with Gasteiger partial charge in [-0.1, -0.05) is 6.07 Å². The first kappa shape index (κ1) is 15.2. The van der Waals surface area contributed by atoms with Gasteiger partial charge in [-0.15, -0.1) is 11.3 Å². The van der Waals surface area contributed by atoms with Crippen molar-refractivity contribution in [1.29, 1.82) is 0 Å². The Morgan fingerprint density at radius 2 is 2.13 bits per heavy atom. The van der Waals surface area contributed by atoms with Crippen LogP contribution in [0.2, 0.25) is 0 Å². The first-order chi connectivity index (χ1) is 11.0. The first-order valence-corrected chi connectivity index (χ1v) is 7.84. The average Bonchev–Trinajstić information content (AvgIpc) is 3.09. The molecule has 0 unspecified atom stereocenters. The molecule has 0 aliphatic rings. The number of aromatic nitrogens is 2. The van der Waals surface area contributed by atoms with E-state index in [1.807, 2.05) is 13.8 Å². The second-order valence-corrected chi connectivity index (χ2v) is 6.25. The molecular weight excluding hydrogens is 314 g/mol. The van der Waals surface area contributed by atoms with E-state index in [-0.39, 0.29) is 23.8 Å². The van der Waals surface area contributed by atoms with Crippen LogP contribution in [0.3, 0.4) is 0 Å². The predicted molar refractivity (Wildman–Crippen MR) is 88.1 cm³/mol. The average molecular weight is 329 g/mol. The largest absolute Gasteiger partial charge is 0.454 e. The third-order valence-electron chi connectivity index (χ3n) is 3.36. The van der Waals surface area contributed by atoms with Crippen LogP contribution < -0.4 is 10.9 Å². The predicted octanol–water partition coefficient (Wildman–Crippen LogP) is 2.82. The summed E-state index contributed by atoms with van der Waals surface area (Å²) in [4.78, 5) is 29.2. The van der Waals surface area contributed by atoms with Crippen molar-refractivity contribution in [3.05, 3.63) is 69.0 Å². The lowest BCUT2D eigenvalue weighted by molar-refractivity contribution is 0.0994. The quantitative estimate of drug-likeness (QED) is 0.798. The minimum Gasteiger partial charge on any atom is -0.454 e. The molecule has 7 heteroatoms. The van der Waals surface area contributed by atoms with Gasteiger partial charge in [-0.3, -0.25) is 14.9 Å². The van der Waals surface area contributed by atoms with Crippen molar-refractivity contribution >= 4 is 22.4 Å². The number of hydrogen-bond acceptors (Lipinski definition) is 5. The van der Waals surface area contributed by atoms with Crippen LogP contribution in [-0.4, -0.2) is 15.5 Å². The van der Waals surface area contributed by atoms with Gasteiger partial charge in [-0.05, 0) is 32.0 Å². The Hall–Kier alpha value is -2.67. The van der Waals surface area contributed by atoms with Crippen LogP contribution in [0.25, 0.3) is 0 Å². The van der Waals surface area contributed by atoms with Gasteiger partial charge < -0.3 is 8.98 Å². The highest BCUT2D eigenvalue weighted by Gasteiger charge is 2.14. The number of nitrogens with zero attached hydrogens (tertiary/aromatic N) is 2. The summed E-state index contributed by atoms with van der Waals surface area (Å²) >= 11 is 1.42. The van der Waals surface area contributed by atoms with E-state index in [1.165, 1.54) is 22.0 Å². The monoisotopic (exact) mass is 329 g/mol. The fourth-order valence-electron chi connectivity index (χ4n) is 2.03. The highest BCUT2D eigenvalue weighted by molar-refractivity contribution is 7.15. The zero-order chi connectivity index (χ0) is 16.4. The zero-order valence-electron chi connectivity index (χ0n) is 12.7. The molecule has 0 radical (unpaired) electrons. The van der Waals surface area contributed by atoms with Gasteiger partial charge in [-0.25, -0.2) is 4.98 Å². The number of pyridine rings is 1. The molecule has 0 bridgehead atoms. The highest BCUT2D eigenvalue weighted by atomic mass is 32.1. The molecule has 3 heterocycles. The van der Waals surface area contributed by atoms with E-state index in [9.17, 15) is 9.59 Å². The summed E-state index contributed by atoms with van der Waals surface area (Å²) in [7, 11) is 0. The summed E-state index contributed by atoms with van der Waals surface area (Å²) in [6.45, 7) is 4.12. The van der Waals surface area contributed by atoms with E-state index in [2.05, 4.69) is 10.3 Å². The molecule has 0 aromatic carbocycles. The standard InChI is InChI=1S/C16H15N3O3S/c1-10-11(2)23-16(17-10)18-15(21)13-7-6-12(22-13)9-19-8-4-3-5-14(19)20/h3-8H,9H2,1-2H3,(H,17,18,21). The van der Waals surface area contributed by atoms with Gasteiger partial charge >= 0.3 is 0 Å². The lowest BCUT2D eigenvalue weighted by Crippen LogP contribution is -2.18. The van der Waals surface area contributed by atoms with E-state index in [4.69, 9.17) is 4.42 Å². The number of carbonyl (C=O) groups excluding carboxylic acids is 1. The maximum Gasteiger partial charge on any atom is 0.293 e. The van der Waals surface area contributed by atoms with Crippen LogP contribution in [0.4, 0.5) is 5.13 Å². The van der Waals surface area contributed by atoms with Crippen LogP contribution >= 0.6 is 11.3 Å². The smallest absolute Gasteiger partial charge is 0.293 e. The molecule has 3 rings (SSSR count). The van der Waals surface area contributed by atoms with Gasteiger partial charge in [0.1, 0.15) is 5.76 Å². The van der Waals surface area contributed by atoms with Crippen LogP contribution in [0.1, 0.15) is 26.9 Å². The Labute approximate surface area is 136 Å². The van der Waals surface area contributed by atoms with Crippen LogP contribution in [0, 0.1) is 13.8 Å². The van der Waals surface area contributed by atoms with Crippen molar-refractivity contribution in [3.63, 3.8) is 0 Å². The molecule has 0 aliphatic carbocycles. The van der Waals surface area contributed by atoms with Gasteiger partial charge in [0.05, 0.1) is 12.2 Å². The van der Waals surface area contributed by atoms with Crippen LogP contribution in [0.5, 0.6) is 0 Å². The molecular formula is C16H15N3O3S. The summed E-state index contributed by atoms with van der Waals surface area (Å²) < 4.78 is 7.03. The van der Waals surface area contributed by atoms with Crippen molar-refractivity contribution in [2.45, 2.75) is 20.4 Å². The second-order valence-electron chi connectivity index (χ2n) is 5.05. The van der Waals surface area contributed by atoms with Gasteiger partial charge in [0.2, 0.25) is 0 Å². The van der Waals surface area contributed by atoms with E-state index >= 15 is 0 Å². The number of amides is 1. The number of furan rings is 1. The van der Waals surface area contributed by atoms with Gasteiger partial charge in [0.25, 0.3) is 11.5 Å². The SMILES string of the molecule is Cc1nc(NC(=O)c2ccc(Cn3ccccc3=O)o2)sc1C. The molecule has 0 spiro atoms. The Balaban J connectivity index is 1.72. The number of anilines is 1. The van der Waals surface area contributed by atoms with Crippen LogP contribution in [-0.2, 0) is 6.54 Å². The normalized spacial score (nSPS) is 10.7.